The molecule has 4 aromatic carbocycles. The number of amidine groups is 1. The molecule has 1 amide bonds. The number of rotatable bonds is 4. The lowest BCUT2D eigenvalue weighted by atomic mass is 9.97. The van der Waals surface area contributed by atoms with E-state index in [9.17, 15) is 4.79 Å². The zero-order valence-electron chi connectivity index (χ0n) is 19.7. The molecule has 6 rings (SSSR count). The first kappa shape index (κ1) is 22.3. The predicted octanol–water partition coefficient (Wildman–Crippen LogP) is 6.67. The van der Waals surface area contributed by atoms with E-state index in [1.54, 1.807) is 7.11 Å². The molecule has 0 spiro atoms. The number of nitrogens with zero attached hydrogens (tertiary/aromatic N) is 3. The van der Waals surface area contributed by atoms with Crippen LogP contribution in [-0.4, -0.2) is 28.9 Å². The lowest BCUT2D eigenvalue weighted by Gasteiger charge is -2.22. The molecule has 0 aromatic heterocycles. The zero-order valence-corrected chi connectivity index (χ0v) is 20.5. The minimum atomic E-state index is -0.235. The number of hydrogen-bond donors (Lipinski definition) is 0. The van der Waals surface area contributed by atoms with E-state index in [2.05, 4.69) is 47.5 Å². The average Bonchev–Trinajstić information content (AvgIpc) is 3.53. The van der Waals surface area contributed by atoms with Gasteiger partial charge in [-0.05, 0) is 63.5 Å². The fourth-order valence-electron chi connectivity index (χ4n) is 4.51. The zero-order chi connectivity index (χ0) is 24.5. The molecule has 2 aliphatic rings. The summed E-state index contributed by atoms with van der Waals surface area (Å²) < 4.78 is 5.35. The summed E-state index contributed by atoms with van der Waals surface area (Å²) in [6.07, 6.45) is 2.59. The summed E-state index contributed by atoms with van der Waals surface area (Å²) >= 11 is 1.37. The van der Waals surface area contributed by atoms with Gasteiger partial charge in [-0.3, -0.25) is 4.79 Å². The van der Waals surface area contributed by atoms with Crippen molar-refractivity contribution in [3.8, 4) is 5.75 Å². The number of hydrogen-bond acceptors (Lipinski definition) is 5. The minimum Gasteiger partial charge on any atom is -0.497 e. The predicted molar refractivity (Wildman–Crippen MR) is 147 cm³/mol. The van der Waals surface area contributed by atoms with E-state index >= 15 is 0 Å². The quantitative estimate of drug-likeness (QED) is 0.301. The van der Waals surface area contributed by atoms with Gasteiger partial charge in [0.05, 0.1) is 23.8 Å². The van der Waals surface area contributed by atoms with E-state index in [1.165, 1.54) is 22.5 Å². The van der Waals surface area contributed by atoms with Crippen LogP contribution in [0.25, 0.3) is 16.8 Å². The molecule has 5 nitrogen and oxygen atoms in total. The van der Waals surface area contributed by atoms with Gasteiger partial charge in [-0.25, -0.2) is 5.01 Å². The summed E-state index contributed by atoms with van der Waals surface area (Å²) in [6.45, 7) is 0. The maximum Gasteiger partial charge on any atom is 0.286 e. The molecule has 0 saturated heterocycles. The summed E-state index contributed by atoms with van der Waals surface area (Å²) in [4.78, 5) is 17.8. The number of hydrazone groups is 1. The number of ether oxygens (including phenoxy) is 1. The molecule has 6 heteroatoms. The number of aliphatic imine (C=N–C) groups is 1. The minimum absolute atomic E-state index is 0.0764. The summed E-state index contributed by atoms with van der Waals surface area (Å²) in [5.41, 5.74) is 4.10. The number of benzene rings is 4. The lowest BCUT2D eigenvalue weighted by Crippen LogP contribution is -2.23. The van der Waals surface area contributed by atoms with Crippen LogP contribution in [0.4, 0.5) is 0 Å². The molecule has 1 atom stereocenters. The molecule has 0 N–H and O–H groups in total. The van der Waals surface area contributed by atoms with E-state index in [-0.39, 0.29) is 11.9 Å². The first-order valence-corrected chi connectivity index (χ1v) is 12.6. The highest BCUT2D eigenvalue weighted by molar-refractivity contribution is 8.18. The molecular formula is C30H23N3O2S. The van der Waals surface area contributed by atoms with E-state index in [0.29, 0.717) is 16.5 Å². The van der Waals surface area contributed by atoms with Gasteiger partial charge in [0.1, 0.15) is 5.75 Å². The Balaban J connectivity index is 1.36. The first-order chi connectivity index (χ1) is 17.7. The van der Waals surface area contributed by atoms with Crippen LogP contribution in [-0.2, 0) is 4.79 Å². The van der Waals surface area contributed by atoms with E-state index in [0.717, 1.165) is 28.2 Å². The largest absolute Gasteiger partial charge is 0.497 e. The van der Waals surface area contributed by atoms with Crippen LogP contribution >= 0.6 is 11.8 Å². The molecule has 0 fully saturated rings. The highest BCUT2D eigenvalue weighted by Crippen LogP contribution is 2.40. The van der Waals surface area contributed by atoms with Crippen LogP contribution in [0.1, 0.15) is 29.2 Å². The number of methoxy groups -OCH3 is 1. The Morgan fingerprint density at radius 3 is 2.44 bits per heavy atom. The van der Waals surface area contributed by atoms with Crippen molar-refractivity contribution in [3.63, 3.8) is 0 Å². The fraction of sp³-hybridized carbons (Fsp3) is 0.100. The van der Waals surface area contributed by atoms with E-state index < -0.39 is 0 Å². The molecule has 36 heavy (non-hydrogen) atoms. The molecule has 0 bridgehead atoms. The second kappa shape index (κ2) is 9.47. The standard InChI is InChI=1S/C30H23N3O2S/c1-35-25-15-13-22(14-16-25)27-19-26(24-12-11-21-9-5-6-10-23(21)18-24)32-33(27)30-31-29(34)28(36-30)17-20-7-3-2-4-8-20/h2-18,27H,19H2,1H3/b28-17-. The monoisotopic (exact) mass is 489 g/mol. The van der Waals surface area contributed by atoms with Crippen molar-refractivity contribution in [2.24, 2.45) is 10.1 Å². The number of amides is 1. The number of fused-ring (bicyclic) bond motifs is 1. The van der Waals surface area contributed by atoms with Gasteiger partial charge in [-0.15, -0.1) is 0 Å². The Bertz CT molecular complexity index is 1540. The van der Waals surface area contributed by atoms with Crippen LogP contribution < -0.4 is 4.74 Å². The van der Waals surface area contributed by atoms with Crippen LogP contribution in [0.15, 0.2) is 112 Å². The Morgan fingerprint density at radius 2 is 1.67 bits per heavy atom. The SMILES string of the molecule is COc1ccc(C2CC(c3ccc4ccccc4c3)=NN2C2=NC(=O)/C(=C/c3ccccc3)S2)cc1. The second-order valence-electron chi connectivity index (χ2n) is 8.67. The Morgan fingerprint density at radius 1 is 0.917 bits per heavy atom. The Labute approximate surface area is 213 Å². The van der Waals surface area contributed by atoms with Crippen molar-refractivity contribution in [2.45, 2.75) is 12.5 Å². The molecule has 0 saturated carbocycles. The lowest BCUT2D eigenvalue weighted by molar-refractivity contribution is -0.113. The van der Waals surface area contributed by atoms with Gasteiger partial charge in [0, 0.05) is 6.42 Å². The third-order valence-corrected chi connectivity index (χ3v) is 7.37. The third-order valence-electron chi connectivity index (χ3n) is 6.40. The van der Waals surface area contributed by atoms with Crippen LogP contribution in [0.5, 0.6) is 5.75 Å². The summed E-state index contributed by atoms with van der Waals surface area (Å²) in [5, 5.41) is 9.88. The van der Waals surface area contributed by atoms with Crippen molar-refractivity contribution in [1.29, 1.82) is 0 Å². The van der Waals surface area contributed by atoms with Gasteiger partial charge in [0.25, 0.3) is 5.91 Å². The Kier molecular flexibility index (Phi) is 5.87. The van der Waals surface area contributed by atoms with Gasteiger partial charge in [0.15, 0.2) is 5.17 Å². The topological polar surface area (TPSA) is 54.3 Å². The van der Waals surface area contributed by atoms with Crippen molar-refractivity contribution in [2.75, 3.05) is 7.11 Å². The summed E-state index contributed by atoms with van der Waals surface area (Å²) in [5.74, 6) is 0.566. The van der Waals surface area contributed by atoms with E-state index in [4.69, 9.17) is 9.84 Å². The van der Waals surface area contributed by atoms with Gasteiger partial charge >= 0.3 is 0 Å². The molecule has 2 heterocycles. The maximum absolute atomic E-state index is 12.8. The van der Waals surface area contributed by atoms with Crippen LogP contribution in [0.3, 0.4) is 0 Å². The molecule has 0 aliphatic carbocycles. The first-order valence-electron chi connectivity index (χ1n) is 11.8. The highest BCUT2D eigenvalue weighted by Gasteiger charge is 2.36. The third kappa shape index (κ3) is 4.32. The van der Waals surface area contributed by atoms with Crippen molar-refractivity contribution < 1.29 is 9.53 Å². The molecule has 0 radical (unpaired) electrons. The fourth-order valence-corrected chi connectivity index (χ4v) is 5.43. The van der Waals surface area contributed by atoms with Gasteiger partial charge in [-0.1, -0.05) is 78.9 Å². The maximum atomic E-state index is 12.8. The summed E-state index contributed by atoms with van der Waals surface area (Å²) in [7, 11) is 1.66. The van der Waals surface area contributed by atoms with Crippen molar-refractivity contribution >= 4 is 45.4 Å². The van der Waals surface area contributed by atoms with Gasteiger partial charge in [0.2, 0.25) is 0 Å². The summed E-state index contributed by atoms with van der Waals surface area (Å²) in [6, 6.07) is 32.5. The molecule has 1 unspecified atom stereocenters. The van der Waals surface area contributed by atoms with Crippen molar-refractivity contribution in [1.82, 2.24) is 5.01 Å². The normalized spacial score (nSPS) is 18.6. The Hall–Kier alpha value is -4.16. The van der Waals surface area contributed by atoms with Crippen LogP contribution in [0.2, 0.25) is 0 Å². The van der Waals surface area contributed by atoms with Gasteiger partial charge in [-0.2, -0.15) is 10.1 Å². The molecular weight excluding hydrogens is 466 g/mol. The number of carbonyl (C=O) groups excluding carboxylic acids is 1. The highest BCUT2D eigenvalue weighted by atomic mass is 32.2. The number of thioether (sulfide) groups is 1. The van der Waals surface area contributed by atoms with Gasteiger partial charge < -0.3 is 4.74 Å². The molecule has 4 aromatic rings. The molecule has 176 valence electrons. The average molecular weight is 490 g/mol. The van der Waals surface area contributed by atoms with Crippen LogP contribution in [0, 0.1) is 0 Å². The molecule has 2 aliphatic heterocycles. The van der Waals surface area contributed by atoms with E-state index in [1.807, 2.05) is 65.7 Å². The number of carbonyl (C=O) groups is 1. The second-order valence-corrected chi connectivity index (χ2v) is 9.68. The van der Waals surface area contributed by atoms with Crippen molar-refractivity contribution in [3.05, 3.63) is 119 Å². The smallest absolute Gasteiger partial charge is 0.286 e.